The third kappa shape index (κ3) is 4.26. The van der Waals surface area contributed by atoms with Crippen LogP contribution in [-0.2, 0) is 0 Å². The molecule has 1 N–H and O–H groups in total. The summed E-state index contributed by atoms with van der Waals surface area (Å²) < 4.78 is 0. The van der Waals surface area contributed by atoms with Gasteiger partial charge in [-0.25, -0.2) is 0 Å². The molecule has 1 unspecified atom stereocenters. The molecule has 0 saturated carbocycles. The second kappa shape index (κ2) is 8.10. The number of carbonyl (C=O) groups is 1. The van der Waals surface area contributed by atoms with Gasteiger partial charge in [0.1, 0.15) is 0 Å². The molecule has 6 nitrogen and oxygen atoms in total. The second-order valence-corrected chi connectivity index (χ2v) is 6.68. The molecule has 1 saturated heterocycles. The Labute approximate surface area is 153 Å². The third-order valence-corrected chi connectivity index (χ3v) is 5.01. The summed E-state index contributed by atoms with van der Waals surface area (Å²) in [5, 5.41) is 14.1. The van der Waals surface area contributed by atoms with Crippen LogP contribution in [0.15, 0.2) is 54.6 Å². The minimum absolute atomic E-state index is 0.0317. The normalized spacial score (nSPS) is 16.8. The van der Waals surface area contributed by atoms with E-state index >= 15 is 0 Å². The van der Waals surface area contributed by atoms with Crippen LogP contribution in [0, 0.1) is 10.1 Å². The highest BCUT2D eigenvalue weighted by molar-refractivity contribution is 5.94. The SMILES string of the molecule is CC(c1cccc([N+](=O)[O-])c1)N1CCC(NC(=O)c2ccccc2)CC1. The maximum absolute atomic E-state index is 12.3. The van der Waals surface area contributed by atoms with Crippen LogP contribution in [-0.4, -0.2) is 34.9 Å². The fourth-order valence-electron chi connectivity index (χ4n) is 3.40. The van der Waals surface area contributed by atoms with E-state index in [-0.39, 0.29) is 28.6 Å². The van der Waals surface area contributed by atoms with Gasteiger partial charge in [-0.15, -0.1) is 0 Å². The van der Waals surface area contributed by atoms with Crippen LogP contribution in [0.3, 0.4) is 0 Å². The quantitative estimate of drug-likeness (QED) is 0.659. The lowest BCUT2D eigenvalue weighted by Gasteiger charge is -2.36. The van der Waals surface area contributed by atoms with Crippen molar-refractivity contribution in [2.75, 3.05) is 13.1 Å². The fourth-order valence-corrected chi connectivity index (χ4v) is 3.40. The van der Waals surface area contributed by atoms with Crippen LogP contribution in [0.2, 0.25) is 0 Å². The summed E-state index contributed by atoms with van der Waals surface area (Å²) in [6.07, 6.45) is 1.75. The van der Waals surface area contributed by atoms with Crippen molar-refractivity contribution < 1.29 is 9.72 Å². The van der Waals surface area contributed by atoms with Crippen molar-refractivity contribution >= 4 is 11.6 Å². The molecule has 1 amide bonds. The molecule has 6 heteroatoms. The van der Waals surface area contributed by atoms with Gasteiger partial charge in [-0.05, 0) is 37.5 Å². The Hall–Kier alpha value is -2.73. The van der Waals surface area contributed by atoms with Gasteiger partial charge in [-0.3, -0.25) is 19.8 Å². The van der Waals surface area contributed by atoms with E-state index in [1.807, 2.05) is 36.4 Å². The summed E-state index contributed by atoms with van der Waals surface area (Å²) in [4.78, 5) is 25.2. The highest BCUT2D eigenvalue weighted by atomic mass is 16.6. The first-order valence-electron chi connectivity index (χ1n) is 8.89. The standard InChI is InChI=1S/C20H23N3O3/c1-15(17-8-5-9-19(14-17)23(25)26)22-12-10-18(11-13-22)21-20(24)16-6-3-2-4-7-16/h2-9,14-15,18H,10-13H2,1H3,(H,21,24). The van der Waals surface area contributed by atoms with Crippen LogP contribution in [0.4, 0.5) is 5.69 Å². The van der Waals surface area contributed by atoms with Gasteiger partial charge < -0.3 is 5.32 Å². The predicted molar refractivity (Wildman–Crippen MR) is 100 cm³/mol. The average Bonchev–Trinajstić information content (AvgIpc) is 2.68. The summed E-state index contributed by atoms with van der Waals surface area (Å²) >= 11 is 0. The maximum atomic E-state index is 12.3. The van der Waals surface area contributed by atoms with E-state index in [4.69, 9.17) is 0 Å². The van der Waals surface area contributed by atoms with Crippen molar-refractivity contribution in [3.8, 4) is 0 Å². The smallest absolute Gasteiger partial charge is 0.269 e. The van der Waals surface area contributed by atoms with Gasteiger partial charge in [0.15, 0.2) is 0 Å². The molecular formula is C20H23N3O3. The molecule has 1 atom stereocenters. The summed E-state index contributed by atoms with van der Waals surface area (Å²) in [5.41, 5.74) is 1.75. The van der Waals surface area contributed by atoms with Crippen LogP contribution in [0.5, 0.6) is 0 Å². The monoisotopic (exact) mass is 353 g/mol. The number of likely N-dealkylation sites (tertiary alicyclic amines) is 1. The van der Waals surface area contributed by atoms with Crippen LogP contribution in [0.25, 0.3) is 0 Å². The first-order chi connectivity index (χ1) is 12.5. The van der Waals surface area contributed by atoms with E-state index in [1.54, 1.807) is 12.1 Å². The molecule has 136 valence electrons. The van der Waals surface area contributed by atoms with Gasteiger partial charge in [-0.1, -0.05) is 30.3 Å². The van der Waals surface area contributed by atoms with Crippen LogP contribution >= 0.6 is 0 Å². The Bertz CT molecular complexity index is 771. The minimum atomic E-state index is -0.360. The fraction of sp³-hybridized carbons (Fsp3) is 0.350. The van der Waals surface area contributed by atoms with Crippen molar-refractivity contribution in [3.63, 3.8) is 0 Å². The highest BCUT2D eigenvalue weighted by Gasteiger charge is 2.25. The molecule has 0 radical (unpaired) electrons. The summed E-state index contributed by atoms with van der Waals surface area (Å²) in [5.74, 6) is -0.0317. The lowest BCUT2D eigenvalue weighted by molar-refractivity contribution is -0.385. The summed E-state index contributed by atoms with van der Waals surface area (Å²) in [6.45, 7) is 3.77. The molecule has 1 aliphatic heterocycles. The van der Waals surface area contributed by atoms with Gasteiger partial charge in [0.05, 0.1) is 4.92 Å². The van der Waals surface area contributed by atoms with Crippen LogP contribution in [0.1, 0.15) is 41.7 Å². The third-order valence-electron chi connectivity index (χ3n) is 5.01. The van der Waals surface area contributed by atoms with E-state index in [1.165, 1.54) is 6.07 Å². The Balaban J connectivity index is 1.55. The number of non-ortho nitro benzene ring substituents is 1. The molecular weight excluding hydrogens is 330 g/mol. The van der Waals surface area contributed by atoms with Gasteiger partial charge in [-0.2, -0.15) is 0 Å². The molecule has 2 aromatic rings. The topological polar surface area (TPSA) is 75.5 Å². The zero-order valence-electron chi connectivity index (χ0n) is 14.8. The number of benzene rings is 2. The Morgan fingerprint density at radius 2 is 1.85 bits per heavy atom. The van der Waals surface area contributed by atoms with E-state index in [9.17, 15) is 14.9 Å². The lowest BCUT2D eigenvalue weighted by atomic mass is 9.99. The average molecular weight is 353 g/mol. The molecule has 3 rings (SSSR count). The highest BCUT2D eigenvalue weighted by Crippen LogP contribution is 2.26. The number of nitro groups is 1. The maximum Gasteiger partial charge on any atom is 0.269 e. The molecule has 2 aromatic carbocycles. The largest absolute Gasteiger partial charge is 0.349 e. The first kappa shape index (κ1) is 18.1. The van der Waals surface area contributed by atoms with Crippen molar-refractivity contribution in [2.45, 2.75) is 31.8 Å². The zero-order valence-corrected chi connectivity index (χ0v) is 14.8. The number of nitrogens with one attached hydrogen (secondary N) is 1. The van der Waals surface area contributed by atoms with E-state index in [2.05, 4.69) is 17.1 Å². The number of piperidine rings is 1. The minimum Gasteiger partial charge on any atom is -0.349 e. The number of nitro benzene ring substituents is 1. The molecule has 26 heavy (non-hydrogen) atoms. The number of nitrogens with zero attached hydrogens (tertiary/aromatic N) is 2. The van der Waals surface area contributed by atoms with Crippen molar-refractivity contribution in [3.05, 3.63) is 75.8 Å². The zero-order chi connectivity index (χ0) is 18.5. The summed E-state index contributed by atoms with van der Waals surface area (Å²) in [6, 6.07) is 16.3. The Kier molecular flexibility index (Phi) is 5.63. The van der Waals surface area contributed by atoms with E-state index < -0.39 is 0 Å². The molecule has 1 heterocycles. The van der Waals surface area contributed by atoms with E-state index in [0.29, 0.717) is 5.56 Å². The van der Waals surface area contributed by atoms with Crippen molar-refractivity contribution in [1.82, 2.24) is 10.2 Å². The molecule has 0 aromatic heterocycles. The second-order valence-electron chi connectivity index (χ2n) is 6.68. The van der Waals surface area contributed by atoms with Gasteiger partial charge in [0, 0.05) is 42.9 Å². The van der Waals surface area contributed by atoms with Gasteiger partial charge in [0.2, 0.25) is 0 Å². The molecule has 0 bridgehead atoms. The molecule has 0 spiro atoms. The predicted octanol–water partition coefficient (Wildman–Crippen LogP) is 3.55. The Morgan fingerprint density at radius 3 is 2.50 bits per heavy atom. The van der Waals surface area contributed by atoms with E-state index in [0.717, 1.165) is 31.5 Å². The molecule has 1 aliphatic rings. The molecule has 1 fully saturated rings. The number of hydrogen-bond acceptors (Lipinski definition) is 4. The van der Waals surface area contributed by atoms with Crippen molar-refractivity contribution in [2.24, 2.45) is 0 Å². The van der Waals surface area contributed by atoms with Crippen LogP contribution < -0.4 is 5.32 Å². The van der Waals surface area contributed by atoms with Gasteiger partial charge >= 0.3 is 0 Å². The number of carbonyl (C=O) groups excluding carboxylic acids is 1. The number of amides is 1. The van der Waals surface area contributed by atoms with Crippen molar-refractivity contribution in [1.29, 1.82) is 0 Å². The Morgan fingerprint density at radius 1 is 1.15 bits per heavy atom. The lowest BCUT2D eigenvalue weighted by Crippen LogP contribution is -2.45. The summed E-state index contributed by atoms with van der Waals surface area (Å²) in [7, 11) is 0. The number of hydrogen-bond donors (Lipinski definition) is 1. The number of rotatable bonds is 5. The first-order valence-corrected chi connectivity index (χ1v) is 8.89. The van der Waals surface area contributed by atoms with Gasteiger partial charge in [0.25, 0.3) is 11.6 Å². The molecule has 0 aliphatic carbocycles.